The number of hydrogen-bond acceptors (Lipinski definition) is 5. The van der Waals surface area contributed by atoms with Gasteiger partial charge in [0.25, 0.3) is 5.91 Å². The Balaban J connectivity index is 1.54. The molecular formula is C17H20N4O3. The molecule has 0 unspecified atom stereocenters. The Hall–Kier alpha value is -2.70. The lowest BCUT2D eigenvalue weighted by atomic mass is 9.95. The molecule has 0 aromatic carbocycles. The van der Waals surface area contributed by atoms with Gasteiger partial charge in [0.1, 0.15) is 11.6 Å². The molecule has 0 aliphatic carbocycles. The highest BCUT2D eigenvalue weighted by atomic mass is 16.5. The van der Waals surface area contributed by atoms with Crippen LogP contribution in [0, 0.1) is 19.8 Å². The van der Waals surface area contributed by atoms with E-state index in [0.29, 0.717) is 43.2 Å². The molecule has 2 aromatic rings. The van der Waals surface area contributed by atoms with Crippen LogP contribution in [0.1, 0.15) is 34.7 Å². The molecule has 0 radical (unpaired) electrons. The van der Waals surface area contributed by atoms with Gasteiger partial charge in [0, 0.05) is 31.3 Å². The summed E-state index contributed by atoms with van der Waals surface area (Å²) in [7, 11) is 0. The van der Waals surface area contributed by atoms with Gasteiger partial charge in [0.15, 0.2) is 5.69 Å². The zero-order valence-corrected chi connectivity index (χ0v) is 13.8. The molecule has 7 heteroatoms. The Labute approximate surface area is 140 Å². The standard InChI is InChI=1S/C17H20N4O3/c1-11-3-6-18-15(9-11)19-16(22)13-4-7-21(8-5-13)17(23)14-10-12(2)24-20-14/h3,6,9-10,13H,4-5,7-8H2,1-2H3,(H,18,19,22). The molecule has 0 bridgehead atoms. The molecule has 0 saturated carbocycles. The minimum atomic E-state index is -0.147. The molecule has 24 heavy (non-hydrogen) atoms. The van der Waals surface area contributed by atoms with Crippen molar-refractivity contribution in [3.8, 4) is 0 Å². The number of nitrogens with one attached hydrogen (secondary N) is 1. The summed E-state index contributed by atoms with van der Waals surface area (Å²) in [6, 6.07) is 5.35. The molecule has 3 heterocycles. The zero-order chi connectivity index (χ0) is 17.1. The van der Waals surface area contributed by atoms with Gasteiger partial charge in [0.2, 0.25) is 5.91 Å². The third-order valence-electron chi connectivity index (χ3n) is 4.17. The summed E-state index contributed by atoms with van der Waals surface area (Å²) in [5.41, 5.74) is 1.36. The van der Waals surface area contributed by atoms with Gasteiger partial charge < -0.3 is 14.7 Å². The maximum absolute atomic E-state index is 12.3. The highest BCUT2D eigenvalue weighted by Crippen LogP contribution is 2.20. The molecular weight excluding hydrogens is 308 g/mol. The fraction of sp³-hybridized carbons (Fsp3) is 0.412. The highest BCUT2D eigenvalue weighted by molar-refractivity contribution is 5.93. The number of pyridine rings is 1. The van der Waals surface area contributed by atoms with Gasteiger partial charge in [0.05, 0.1) is 0 Å². The predicted molar refractivity (Wildman–Crippen MR) is 87.5 cm³/mol. The summed E-state index contributed by atoms with van der Waals surface area (Å²) in [4.78, 5) is 30.5. The van der Waals surface area contributed by atoms with E-state index in [1.807, 2.05) is 19.1 Å². The highest BCUT2D eigenvalue weighted by Gasteiger charge is 2.29. The van der Waals surface area contributed by atoms with E-state index in [1.54, 1.807) is 24.1 Å². The molecule has 2 amide bonds. The Morgan fingerprint density at radius 2 is 2.00 bits per heavy atom. The topological polar surface area (TPSA) is 88.3 Å². The van der Waals surface area contributed by atoms with Crippen molar-refractivity contribution < 1.29 is 14.1 Å². The van der Waals surface area contributed by atoms with E-state index in [4.69, 9.17) is 4.52 Å². The summed E-state index contributed by atoms with van der Waals surface area (Å²) < 4.78 is 4.94. The lowest BCUT2D eigenvalue weighted by molar-refractivity contribution is -0.121. The lowest BCUT2D eigenvalue weighted by Gasteiger charge is -2.30. The maximum Gasteiger partial charge on any atom is 0.276 e. The monoisotopic (exact) mass is 328 g/mol. The summed E-state index contributed by atoms with van der Waals surface area (Å²) in [5.74, 6) is 0.869. The van der Waals surface area contributed by atoms with Gasteiger partial charge >= 0.3 is 0 Å². The molecule has 0 spiro atoms. The SMILES string of the molecule is Cc1ccnc(NC(=O)C2CCN(C(=O)c3cc(C)on3)CC2)c1. The van der Waals surface area contributed by atoms with E-state index in [0.717, 1.165) is 5.56 Å². The van der Waals surface area contributed by atoms with Crippen molar-refractivity contribution in [1.29, 1.82) is 0 Å². The van der Waals surface area contributed by atoms with E-state index in [1.165, 1.54) is 0 Å². The number of aromatic nitrogens is 2. The van der Waals surface area contributed by atoms with Crippen molar-refractivity contribution >= 4 is 17.6 Å². The molecule has 1 fully saturated rings. The second-order valence-corrected chi connectivity index (χ2v) is 6.10. The number of hydrogen-bond donors (Lipinski definition) is 1. The van der Waals surface area contributed by atoms with Crippen LogP contribution in [0.4, 0.5) is 5.82 Å². The van der Waals surface area contributed by atoms with Gasteiger partial charge in [-0.2, -0.15) is 0 Å². The Kier molecular flexibility index (Phi) is 4.59. The lowest BCUT2D eigenvalue weighted by Crippen LogP contribution is -2.41. The number of aryl methyl sites for hydroxylation is 2. The van der Waals surface area contributed by atoms with E-state index in [-0.39, 0.29) is 17.7 Å². The van der Waals surface area contributed by atoms with Crippen LogP contribution >= 0.6 is 0 Å². The maximum atomic E-state index is 12.3. The molecule has 3 rings (SSSR count). The van der Waals surface area contributed by atoms with Gasteiger partial charge in [-0.3, -0.25) is 9.59 Å². The first-order valence-corrected chi connectivity index (χ1v) is 7.99. The van der Waals surface area contributed by atoms with Crippen LogP contribution in [-0.4, -0.2) is 39.9 Å². The van der Waals surface area contributed by atoms with Crippen LogP contribution < -0.4 is 5.32 Å². The molecule has 1 saturated heterocycles. The second kappa shape index (κ2) is 6.82. The molecule has 0 atom stereocenters. The van der Waals surface area contributed by atoms with Crippen molar-refractivity contribution in [2.24, 2.45) is 5.92 Å². The first kappa shape index (κ1) is 16.2. The summed E-state index contributed by atoms with van der Waals surface area (Å²) in [5, 5.41) is 6.61. The second-order valence-electron chi connectivity index (χ2n) is 6.10. The number of carbonyl (C=O) groups is 2. The fourth-order valence-corrected chi connectivity index (χ4v) is 2.81. The van der Waals surface area contributed by atoms with Crippen LogP contribution in [0.2, 0.25) is 0 Å². The number of carbonyl (C=O) groups excluding carboxylic acids is 2. The quantitative estimate of drug-likeness (QED) is 0.933. The number of likely N-dealkylation sites (tertiary alicyclic amines) is 1. The number of anilines is 1. The summed E-state index contributed by atoms with van der Waals surface area (Å²) in [6.07, 6.45) is 2.92. The Bertz CT molecular complexity index is 748. The normalized spacial score (nSPS) is 15.3. The van der Waals surface area contributed by atoms with Crippen molar-refractivity contribution in [3.63, 3.8) is 0 Å². The number of amides is 2. The van der Waals surface area contributed by atoms with Gasteiger partial charge in [-0.1, -0.05) is 5.16 Å². The minimum absolute atomic E-state index is 0.0440. The predicted octanol–water partition coefficient (Wildman–Crippen LogP) is 2.18. The van der Waals surface area contributed by atoms with Crippen LogP contribution in [-0.2, 0) is 4.79 Å². The van der Waals surface area contributed by atoms with Crippen LogP contribution in [0.3, 0.4) is 0 Å². The van der Waals surface area contributed by atoms with E-state index < -0.39 is 0 Å². The third kappa shape index (κ3) is 3.61. The molecule has 1 aliphatic rings. The van der Waals surface area contributed by atoms with Crippen molar-refractivity contribution in [1.82, 2.24) is 15.0 Å². The first-order valence-electron chi connectivity index (χ1n) is 7.99. The van der Waals surface area contributed by atoms with Crippen LogP contribution in [0.15, 0.2) is 28.9 Å². The summed E-state index contributed by atoms with van der Waals surface area (Å²) in [6.45, 7) is 4.76. The molecule has 2 aromatic heterocycles. The molecule has 1 N–H and O–H groups in total. The van der Waals surface area contributed by atoms with Crippen molar-refractivity contribution in [3.05, 3.63) is 41.4 Å². The smallest absolute Gasteiger partial charge is 0.276 e. The zero-order valence-electron chi connectivity index (χ0n) is 13.8. The first-order chi connectivity index (χ1) is 11.5. The molecule has 126 valence electrons. The van der Waals surface area contributed by atoms with Crippen molar-refractivity contribution in [2.75, 3.05) is 18.4 Å². The minimum Gasteiger partial charge on any atom is -0.361 e. The van der Waals surface area contributed by atoms with Crippen molar-refractivity contribution in [2.45, 2.75) is 26.7 Å². The number of rotatable bonds is 3. The largest absolute Gasteiger partial charge is 0.361 e. The number of piperidine rings is 1. The average Bonchev–Trinajstić information content (AvgIpc) is 3.01. The van der Waals surface area contributed by atoms with E-state index >= 15 is 0 Å². The number of nitrogens with zero attached hydrogens (tertiary/aromatic N) is 3. The fourth-order valence-electron chi connectivity index (χ4n) is 2.81. The van der Waals surface area contributed by atoms with Crippen LogP contribution in [0.25, 0.3) is 0 Å². The Morgan fingerprint density at radius 1 is 1.25 bits per heavy atom. The van der Waals surface area contributed by atoms with E-state index in [9.17, 15) is 9.59 Å². The molecule has 7 nitrogen and oxygen atoms in total. The van der Waals surface area contributed by atoms with Gasteiger partial charge in [-0.15, -0.1) is 0 Å². The average molecular weight is 328 g/mol. The van der Waals surface area contributed by atoms with Crippen LogP contribution in [0.5, 0.6) is 0 Å². The summed E-state index contributed by atoms with van der Waals surface area (Å²) >= 11 is 0. The molecule has 1 aliphatic heterocycles. The third-order valence-corrected chi connectivity index (χ3v) is 4.17. The van der Waals surface area contributed by atoms with Gasteiger partial charge in [-0.05, 0) is 44.4 Å². The van der Waals surface area contributed by atoms with Gasteiger partial charge in [-0.25, -0.2) is 4.98 Å². The Morgan fingerprint density at radius 3 is 2.62 bits per heavy atom. The van der Waals surface area contributed by atoms with E-state index in [2.05, 4.69) is 15.5 Å².